The number of anilines is 1. The van der Waals surface area contributed by atoms with Gasteiger partial charge in [-0.3, -0.25) is 0 Å². The molecule has 0 aliphatic heterocycles. The first-order valence-electron chi connectivity index (χ1n) is 5.76. The van der Waals surface area contributed by atoms with Crippen molar-refractivity contribution in [2.75, 3.05) is 11.9 Å². The number of hydrogen-bond donors (Lipinski definition) is 3. The van der Waals surface area contributed by atoms with Crippen LogP contribution >= 0.6 is 0 Å². The molecule has 18 heavy (non-hydrogen) atoms. The van der Waals surface area contributed by atoms with Crippen LogP contribution in [0, 0.1) is 26.2 Å². The molecule has 0 aliphatic carbocycles. The van der Waals surface area contributed by atoms with Crippen LogP contribution in [0.2, 0.25) is 0 Å². The van der Waals surface area contributed by atoms with Gasteiger partial charge in [0.25, 0.3) is 0 Å². The number of urea groups is 1. The molecule has 0 bridgehead atoms. The number of carbonyl (C=O) groups excluding carboxylic acids is 1. The average Bonchev–Trinajstić information content (AvgIpc) is 2.33. The van der Waals surface area contributed by atoms with Crippen molar-refractivity contribution >= 4 is 11.7 Å². The van der Waals surface area contributed by atoms with E-state index in [9.17, 15) is 4.79 Å². The Morgan fingerprint density at radius 2 is 2.06 bits per heavy atom. The van der Waals surface area contributed by atoms with E-state index in [4.69, 9.17) is 11.5 Å². The maximum Gasteiger partial charge on any atom is 0.319 e. The number of carbonyl (C=O) groups is 1. The van der Waals surface area contributed by atoms with Crippen LogP contribution in [0.25, 0.3) is 0 Å². The number of nitrogens with one attached hydrogen (secondary N) is 2. The van der Waals surface area contributed by atoms with Gasteiger partial charge in [0.1, 0.15) is 0 Å². The molecular formula is C14H18N2O2. The molecule has 96 valence electrons. The van der Waals surface area contributed by atoms with Gasteiger partial charge in [-0.25, -0.2) is 4.79 Å². The Bertz CT molecular complexity index is 443. The lowest BCUT2D eigenvalue weighted by Gasteiger charge is -2.16. The summed E-state index contributed by atoms with van der Waals surface area (Å²) in [5, 5.41) is 14.4. The molecule has 4 heteroatoms. The molecule has 0 fully saturated rings. The van der Waals surface area contributed by atoms with Gasteiger partial charge >= 0.3 is 6.03 Å². The number of benzene rings is 1. The first-order valence-corrected chi connectivity index (χ1v) is 5.76. The van der Waals surface area contributed by atoms with Gasteiger partial charge in [0, 0.05) is 12.1 Å². The molecule has 0 heterocycles. The maximum atomic E-state index is 11.8. The number of rotatable bonds is 4. The lowest BCUT2D eigenvalue weighted by Crippen LogP contribution is -2.40. The minimum Gasteiger partial charge on any atom is -0.394 e. The van der Waals surface area contributed by atoms with Crippen LogP contribution in [0.15, 0.2) is 18.2 Å². The number of hydrogen-bond acceptors (Lipinski definition) is 2. The zero-order chi connectivity index (χ0) is 13.5. The predicted molar refractivity (Wildman–Crippen MR) is 72.4 cm³/mol. The SMILES string of the molecule is C#CC[C@@H](CO)NC(=O)Nc1c(C)cccc1C. The van der Waals surface area contributed by atoms with Gasteiger partial charge in [-0.1, -0.05) is 18.2 Å². The standard InChI is InChI=1S/C14H18N2O2/c1-4-6-12(9-17)15-14(18)16-13-10(2)7-5-8-11(13)3/h1,5,7-8,12,17H,6,9H2,2-3H3,(H2,15,16,18)/t12-/m0/s1. The second-order valence-corrected chi connectivity index (χ2v) is 4.15. The van der Waals surface area contributed by atoms with Crippen molar-refractivity contribution < 1.29 is 9.90 Å². The highest BCUT2D eigenvalue weighted by molar-refractivity contribution is 5.91. The van der Waals surface area contributed by atoms with Crippen LogP contribution < -0.4 is 10.6 Å². The molecule has 0 unspecified atom stereocenters. The predicted octanol–water partition coefficient (Wildman–Crippen LogP) is 1.81. The molecule has 0 radical (unpaired) electrons. The van der Waals surface area contributed by atoms with E-state index >= 15 is 0 Å². The Kier molecular flexibility index (Phi) is 5.22. The molecule has 0 saturated heterocycles. The summed E-state index contributed by atoms with van der Waals surface area (Å²) in [6.07, 6.45) is 5.45. The van der Waals surface area contributed by atoms with Crippen LogP contribution in [-0.4, -0.2) is 23.8 Å². The van der Waals surface area contributed by atoms with Crippen LogP contribution in [-0.2, 0) is 0 Å². The Morgan fingerprint density at radius 1 is 1.44 bits per heavy atom. The minimum atomic E-state index is -0.417. The fourth-order valence-corrected chi connectivity index (χ4v) is 1.65. The highest BCUT2D eigenvalue weighted by atomic mass is 16.3. The largest absolute Gasteiger partial charge is 0.394 e. The molecule has 4 nitrogen and oxygen atoms in total. The second-order valence-electron chi connectivity index (χ2n) is 4.15. The topological polar surface area (TPSA) is 61.4 Å². The summed E-state index contributed by atoms with van der Waals surface area (Å²) in [6.45, 7) is 3.67. The molecule has 0 aromatic heterocycles. The third-order valence-electron chi connectivity index (χ3n) is 2.64. The first kappa shape index (κ1) is 14.1. The Hall–Kier alpha value is -1.99. The van der Waals surface area contributed by atoms with E-state index in [0.29, 0.717) is 6.42 Å². The van der Waals surface area contributed by atoms with Gasteiger partial charge in [0.2, 0.25) is 0 Å². The third kappa shape index (κ3) is 3.79. The molecule has 0 saturated carbocycles. The molecular weight excluding hydrogens is 228 g/mol. The number of para-hydroxylation sites is 1. The lowest BCUT2D eigenvalue weighted by atomic mass is 10.1. The van der Waals surface area contributed by atoms with Gasteiger partial charge in [-0.15, -0.1) is 12.3 Å². The molecule has 0 spiro atoms. The fraction of sp³-hybridized carbons (Fsp3) is 0.357. The molecule has 2 amide bonds. The maximum absolute atomic E-state index is 11.8. The molecule has 1 atom stereocenters. The highest BCUT2D eigenvalue weighted by Crippen LogP contribution is 2.19. The summed E-state index contributed by atoms with van der Waals surface area (Å²) in [6, 6.07) is 5.00. The molecule has 0 aliphatic rings. The molecule has 1 aromatic rings. The van der Waals surface area contributed by atoms with Crippen molar-refractivity contribution in [2.45, 2.75) is 26.3 Å². The summed E-state index contributed by atoms with van der Waals surface area (Å²) in [7, 11) is 0. The van der Waals surface area contributed by atoms with Crippen molar-refractivity contribution in [1.82, 2.24) is 5.32 Å². The lowest BCUT2D eigenvalue weighted by molar-refractivity contribution is 0.225. The van der Waals surface area contributed by atoms with E-state index < -0.39 is 6.04 Å². The van der Waals surface area contributed by atoms with Crippen LogP contribution in [0.5, 0.6) is 0 Å². The summed E-state index contributed by atoms with van der Waals surface area (Å²) < 4.78 is 0. The van der Waals surface area contributed by atoms with E-state index in [1.54, 1.807) is 0 Å². The average molecular weight is 246 g/mol. The van der Waals surface area contributed by atoms with Crippen molar-refractivity contribution in [2.24, 2.45) is 0 Å². The van der Waals surface area contributed by atoms with Crippen LogP contribution in [0.3, 0.4) is 0 Å². The number of aryl methyl sites for hydroxylation is 2. The zero-order valence-electron chi connectivity index (χ0n) is 10.7. The highest BCUT2D eigenvalue weighted by Gasteiger charge is 2.11. The van der Waals surface area contributed by atoms with E-state index in [1.165, 1.54) is 0 Å². The van der Waals surface area contributed by atoms with Crippen molar-refractivity contribution in [3.63, 3.8) is 0 Å². The van der Waals surface area contributed by atoms with E-state index in [-0.39, 0.29) is 12.6 Å². The fourth-order valence-electron chi connectivity index (χ4n) is 1.65. The Morgan fingerprint density at radius 3 is 2.56 bits per heavy atom. The number of aliphatic hydroxyl groups is 1. The van der Waals surface area contributed by atoms with Gasteiger partial charge in [-0.05, 0) is 25.0 Å². The minimum absolute atomic E-state index is 0.176. The van der Waals surface area contributed by atoms with Gasteiger partial charge in [0.15, 0.2) is 0 Å². The number of aliphatic hydroxyl groups excluding tert-OH is 1. The van der Waals surface area contributed by atoms with Crippen molar-refractivity contribution in [3.05, 3.63) is 29.3 Å². The smallest absolute Gasteiger partial charge is 0.319 e. The summed E-state index contributed by atoms with van der Waals surface area (Å²) in [4.78, 5) is 11.8. The van der Waals surface area contributed by atoms with E-state index in [2.05, 4.69) is 16.6 Å². The van der Waals surface area contributed by atoms with Crippen LogP contribution in [0.1, 0.15) is 17.5 Å². The quantitative estimate of drug-likeness (QED) is 0.709. The summed E-state index contributed by atoms with van der Waals surface area (Å²) in [5.41, 5.74) is 2.76. The summed E-state index contributed by atoms with van der Waals surface area (Å²) in [5.74, 6) is 2.41. The Balaban J connectivity index is 2.68. The number of amides is 2. The monoisotopic (exact) mass is 246 g/mol. The molecule has 1 aromatic carbocycles. The first-order chi connectivity index (χ1) is 8.58. The molecule has 1 rings (SSSR count). The van der Waals surface area contributed by atoms with Gasteiger partial charge in [0.05, 0.1) is 12.6 Å². The third-order valence-corrected chi connectivity index (χ3v) is 2.64. The zero-order valence-corrected chi connectivity index (χ0v) is 10.7. The summed E-state index contributed by atoms with van der Waals surface area (Å²) >= 11 is 0. The molecule has 3 N–H and O–H groups in total. The number of terminal acetylenes is 1. The van der Waals surface area contributed by atoms with Crippen molar-refractivity contribution in [1.29, 1.82) is 0 Å². The van der Waals surface area contributed by atoms with Gasteiger partial charge in [-0.2, -0.15) is 0 Å². The van der Waals surface area contributed by atoms with Crippen molar-refractivity contribution in [3.8, 4) is 12.3 Å². The Labute approximate surface area is 107 Å². The van der Waals surface area contributed by atoms with Crippen LogP contribution in [0.4, 0.5) is 10.5 Å². The second kappa shape index (κ2) is 6.67. The van der Waals surface area contributed by atoms with E-state index in [1.807, 2.05) is 32.0 Å². The van der Waals surface area contributed by atoms with E-state index in [0.717, 1.165) is 16.8 Å². The van der Waals surface area contributed by atoms with Gasteiger partial charge < -0.3 is 15.7 Å². The normalized spacial score (nSPS) is 11.4.